The smallest absolute Gasteiger partial charge is 0.0996 e. The zero-order valence-electron chi connectivity index (χ0n) is 12.1. The van der Waals surface area contributed by atoms with E-state index in [2.05, 4.69) is 50.1 Å². The minimum absolute atomic E-state index is 0.166. The molecule has 1 unspecified atom stereocenters. The fourth-order valence-corrected chi connectivity index (χ4v) is 2.18. The minimum Gasteiger partial charge on any atom is -0.386 e. The molecule has 3 heteroatoms. The molecule has 0 saturated heterocycles. The van der Waals surface area contributed by atoms with Crippen molar-refractivity contribution in [2.75, 3.05) is 0 Å². The molecule has 3 nitrogen and oxygen atoms in total. The Kier molecular flexibility index (Phi) is 3.76. The summed E-state index contributed by atoms with van der Waals surface area (Å²) in [5.41, 5.74) is 3.46. The van der Waals surface area contributed by atoms with Crippen LogP contribution in [-0.4, -0.2) is 14.9 Å². The van der Waals surface area contributed by atoms with Crippen molar-refractivity contribution in [1.82, 2.24) is 9.78 Å². The van der Waals surface area contributed by atoms with Crippen molar-refractivity contribution in [3.63, 3.8) is 0 Å². The number of hydrogen-bond donors (Lipinski definition) is 1. The van der Waals surface area contributed by atoms with E-state index in [1.165, 1.54) is 5.56 Å². The summed E-state index contributed by atoms with van der Waals surface area (Å²) in [6.07, 6.45) is 1.82. The quantitative estimate of drug-likeness (QED) is 0.919. The van der Waals surface area contributed by atoms with Crippen molar-refractivity contribution >= 4 is 0 Å². The van der Waals surface area contributed by atoms with E-state index in [9.17, 15) is 5.11 Å². The molecular formula is C16H22N2O. The van der Waals surface area contributed by atoms with Crippen LogP contribution in [0.5, 0.6) is 0 Å². The molecule has 0 radical (unpaired) electrons. The van der Waals surface area contributed by atoms with Gasteiger partial charge in [-0.3, -0.25) is 4.68 Å². The average Bonchev–Trinajstić information content (AvgIpc) is 2.75. The van der Waals surface area contributed by atoms with Gasteiger partial charge in [0.1, 0.15) is 0 Å². The molecule has 0 bridgehead atoms. The summed E-state index contributed by atoms with van der Waals surface area (Å²) in [6.45, 7) is 6.60. The van der Waals surface area contributed by atoms with Crippen LogP contribution in [0.1, 0.15) is 43.7 Å². The Labute approximate surface area is 114 Å². The highest BCUT2D eigenvalue weighted by Gasteiger charge is 2.15. The van der Waals surface area contributed by atoms with Crippen LogP contribution in [0, 0.1) is 0 Å². The Morgan fingerprint density at radius 2 is 1.79 bits per heavy atom. The first kappa shape index (κ1) is 13.8. The van der Waals surface area contributed by atoms with Gasteiger partial charge in [0, 0.05) is 19.7 Å². The lowest BCUT2D eigenvalue weighted by molar-refractivity contribution is 0.168. The molecule has 2 aromatic rings. The number of benzene rings is 1. The van der Waals surface area contributed by atoms with E-state index >= 15 is 0 Å². The van der Waals surface area contributed by atoms with Gasteiger partial charge in [0.2, 0.25) is 0 Å². The number of aliphatic hydroxyl groups excluding tert-OH is 1. The van der Waals surface area contributed by atoms with Crippen LogP contribution in [0.25, 0.3) is 0 Å². The summed E-state index contributed by atoms with van der Waals surface area (Å²) in [5.74, 6) is 0. The Hall–Kier alpha value is -1.61. The molecule has 0 aliphatic rings. The number of aryl methyl sites for hydroxylation is 1. The molecule has 0 spiro atoms. The zero-order valence-corrected chi connectivity index (χ0v) is 12.1. The summed E-state index contributed by atoms with van der Waals surface area (Å²) < 4.78 is 1.72. The fraction of sp³-hybridized carbons (Fsp3) is 0.438. The van der Waals surface area contributed by atoms with Crippen molar-refractivity contribution in [3.05, 3.63) is 53.3 Å². The molecule has 0 saturated carbocycles. The van der Waals surface area contributed by atoms with E-state index < -0.39 is 6.10 Å². The maximum absolute atomic E-state index is 10.2. The molecule has 0 amide bonds. The lowest BCUT2D eigenvalue weighted by Gasteiger charge is -2.19. The summed E-state index contributed by atoms with van der Waals surface area (Å²) in [7, 11) is 1.85. The van der Waals surface area contributed by atoms with Gasteiger partial charge in [0.25, 0.3) is 0 Å². The van der Waals surface area contributed by atoms with Crippen LogP contribution >= 0.6 is 0 Å². The Morgan fingerprint density at radius 1 is 1.16 bits per heavy atom. The highest BCUT2D eigenvalue weighted by molar-refractivity contribution is 5.28. The van der Waals surface area contributed by atoms with E-state index in [-0.39, 0.29) is 5.41 Å². The summed E-state index contributed by atoms with van der Waals surface area (Å²) in [4.78, 5) is 0. The molecule has 0 aliphatic heterocycles. The van der Waals surface area contributed by atoms with E-state index in [0.717, 1.165) is 11.3 Å². The van der Waals surface area contributed by atoms with Crippen LogP contribution < -0.4 is 0 Å². The molecule has 102 valence electrons. The Bertz CT molecular complexity index is 535. The highest BCUT2D eigenvalue weighted by atomic mass is 16.3. The maximum Gasteiger partial charge on any atom is 0.0996 e. The molecule has 19 heavy (non-hydrogen) atoms. The highest BCUT2D eigenvalue weighted by Crippen LogP contribution is 2.24. The first-order valence-corrected chi connectivity index (χ1v) is 6.63. The van der Waals surface area contributed by atoms with E-state index in [1.54, 1.807) is 10.9 Å². The molecule has 0 aliphatic carbocycles. The van der Waals surface area contributed by atoms with Crippen molar-refractivity contribution in [2.45, 2.75) is 38.7 Å². The summed E-state index contributed by atoms with van der Waals surface area (Å²) in [6, 6.07) is 10.3. The standard InChI is InChI=1S/C16H22N2O/c1-16(2,3)13-7-5-12(6-8-13)11-15(19)14-9-10-17-18(14)4/h5-10,15,19H,11H2,1-4H3. The second kappa shape index (κ2) is 5.17. The van der Waals surface area contributed by atoms with Gasteiger partial charge in [0.05, 0.1) is 11.8 Å². The average molecular weight is 258 g/mol. The largest absolute Gasteiger partial charge is 0.386 e. The third-order valence-electron chi connectivity index (χ3n) is 3.45. The normalized spacial score (nSPS) is 13.5. The van der Waals surface area contributed by atoms with Crippen molar-refractivity contribution in [1.29, 1.82) is 0 Å². The van der Waals surface area contributed by atoms with Crippen LogP contribution in [0.15, 0.2) is 36.5 Å². The predicted molar refractivity (Wildman–Crippen MR) is 77.0 cm³/mol. The number of nitrogens with zero attached hydrogens (tertiary/aromatic N) is 2. The first-order valence-electron chi connectivity index (χ1n) is 6.63. The molecular weight excluding hydrogens is 236 g/mol. The molecule has 1 aromatic heterocycles. The SMILES string of the molecule is Cn1nccc1C(O)Cc1ccc(C(C)(C)C)cc1. The Morgan fingerprint density at radius 3 is 2.26 bits per heavy atom. The lowest BCUT2D eigenvalue weighted by atomic mass is 9.86. The second-order valence-electron chi connectivity index (χ2n) is 6.05. The number of aromatic nitrogens is 2. The van der Waals surface area contributed by atoms with E-state index in [1.807, 2.05) is 13.1 Å². The Balaban J connectivity index is 2.10. The van der Waals surface area contributed by atoms with Gasteiger partial charge in [-0.25, -0.2) is 0 Å². The summed E-state index contributed by atoms with van der Waals surface area (Å²) >= 11 is 0. The van der Waals surface area contributed by atoms with Gasteiger partial charge < -0.3 is 5.11 Å². The maximum atomic E-state index is 10.2. The molecule has 1 atom stereocenters. The molecule has 2 rings (SSSR count). The van der Waals surface area contributed by atoms with Crippen molar-refractivity contribution in [3.8, 4) is 0 Å². The van der Waals surface area contributed by atoms with Crippen molar-refractivity contribution < 1.29 is 5.11 Å². The lowest BCUT2D eigenvalue weighted by Crippen LogP contribution is -2.11. The number of rotatable bonds is 3. The zero-order chi connectivity index (χ0) is 14.0. The van der Waals surface area contributed by atoms with Crippen molar-refractivity contribution in [2.24, 2.45) is 7.05 Å². The molecule has 1 N–H and O–H groups in total. The summed E-state index contributed by atoms with van der Waals surface area (Å²) in [5, 5.41) is 14.3. The molecule has 1 aromatic carbocycles. The van der Waals surface area contributed by atoms with Gasteiger partial charge in [0.15, 0.2) is 0 Å². The third kappa shape index (κ3) is 3.24. The number of hydrogen-bond acceptors (Lipinski definition) is 2. The van der Waals surface area contributed by atoms with Gasteiger partial charge in [-0.05, 0) is 22.6 Å². The molecule has 1 heterocycles. The van der Waals surface area contributed by atoms with Crippen LogP contribution in [0.3, 0.4) is 0 Å². The van der Waals surface area contributed by atoms with Gasteiger partial charge in [-0.2, -0.15) is 5.10 Å². The van der Waals surface area contributed by atoms with E-state index in [4.69, 9.17) is 0 Å². The van der Waals surface area contributed by atoms with Crippen LogP contribution in [-0.2, 0) is 18.9 Å². The van der Waals surface area contributed by atoms with Crippen LogP contribution in [0.2, 0.25) is 0 Å². The topological polar surface area (TPSA) is 38.0 Å². The predicted octanol–water partition coefficient (Wildman–Crippen LogP) is 2.99. The second-order valence-corrected chi connectivity index (χ2v) is 6.05. The van der Waals surface area contributed by atoms with E-state index in [0.29, 0.717) is 6.42 Å². The third-order valence-corrected chi connectivity index (χ3v) is 3.45. The monoisotopic (exact) mass is 258 g/mol. The molecule has 0 fully saturated rings. The van der Waals surface area contributed by atoms with Gasteiger partial charge >= 0.3 is 0 Å². The van der Waals surface area contributed by atoms with Gasteiger partial charge in [-0.15, -0.1) is 0 Å². The number of aliphatic hydroxyl groups is 1. The van der Waals surface area contributed by atoms with Crippen LogP contribution in [0.4, 0.5) is 0 Å². The van der Waals surface area contributed by atoms with Gasteiger partial charge in [-0.1, -0.05) is 45.0 Å². The minimum atomic E-state index is -0.506. The fourth-order valence-electron chi connectivity index (χ4n) is 2.18. The first-order chi connectivity index (χ1) is 8.88.